The predicted octanol–water partition coefficient (Wildman–Crippen LogP) is 3.25. The minimum absolute atomic E-state index is 0.0885. The monoisotopic (exact) mass is 333 g/mol. The zero-order chi connectivity index (χ0) is 16.9. The zero-order valence-electron chi connectivity index (χ0n) is 13.5. The fourth-order valence-electron chi connectivity index (χ4n) is 2.94. The fraction of sp³-hybridized carbons (Fsp3) is 0.471. The quantitative estimate of drug-likeness (QED) is 0.821. The predicted molar refractivity (Wildman–Crippen MR) is 84.8 cm³/mol. The lowest BCUT2D eigenvalue weighted by atomic mass is 10.0. The maximum Gasteiger partial charge on any atom is 0.361 e. The van der Waals surface area contributed by atoms with E-state index >= 15 is 0 Å². The Morgan fingerprint density at radius 2 is 2.12 bits per heavy atom. The lowest BCUT2D eigenvalue weighted by molar-refractivity contribution is 0.0457. The number of aromatic amines is 1. The number of aromatic nitrogens is 3. The Hall–Kier alpha value is -2.28. The first kappa shape index (κ1) is 16.6. The highest BCUT2D eigenvalue weighted by atomic mass is 19.1. The second-order valence-electron chi connectivity index (χ2n) is 5.76. The highest BCUT2D eigenvalue weighted by molar-refractivity contribution is 5.94. The summed E-state index contributed by atoms with van der Waals surface area (Å²) in [5.74, 6) is -0.918. The maximum atomic E-state index is 13.7. The smallest absolute Gasteiger partial charge is 0.361 e. The molecule has 1 aliphatic rings. The van der Waals surface area contributed by atoms with Gasteiger partial charge in [0.2, 0.25) is 0 Å². The van der Waals surface area contributed by atoms with Crippen LogP contribution in [0.25, 0.3) is 11.3 Å². The number of benzene rings is 1. The summed E-state index contributed by atoms with van der Waals surface area (Å²) >= 11 is 0. The van der Waals surface area contributed by atoms with Crippen molar-refractivity contribution in [2.75, 3.05) is 6.61 Å². The van der Waals surface area contributed by atoms with Crippen LogP contribution in [-0.2, 0) is 16.1 Å². The summed E-state index contributed by atoms with van der Waals surface area (Å²) in [7, 11) is 0. The number of hydrogen-bond acceptors (Lipinski definition) is 5. The molecule has 1 aliphatic carbocycles. The summed E-state index contributed by atoms with van der Waals surface area (Å²) in [6, 6.07) is 4.33. The molecule has 2 aromatic rings. The van der Waals surface area contributed by atoms with Gasteiger partial charge in [0.15, 0.2) is 5.69 Å². The fourth-order valence-corrected chi connectivity index (χ4v) is 2.94. The number of rotatable bonds is 6. The van der Waals surface area contributed by atoms with E-state index in [9.17, 15) is 9.18 Å². The Morgan fingerprint density at radius 1 is 1.33 bits per heavy atom. The highest BCUT2D eigenvalue weighted by Crippen LogP contribution is 2.28. The molecule has 128 valence electrons. The topological polar surface area (TPSA) is 77.1 Å². The van der Waals surface area contributed by atoms with E-state index < -0.39 is 5.97 Å². The first-order valence-electron chi connectivity index (χ1n) is 8.17. The molecule has 1 fully saturated rings. The minimum Gasteiger partial charge on any atom is -0.461 e. The van der Waals surface area contributed by atoms with Gasteiger partial charge >= 0.3 is 5.97 Å². The van der Waals surface area contributed by atoms with Gasteiger partial charge in [-0.1, -0.05) is 12.8 Å². The molecule has 24 heavy (non-hydrogen) atoms. The van der Waals surface area contributed by atoms with Gasteiger partial charge in [0.05, 0.1) is 19.3 Å². The van der Waals surface area contributed by atoms with E-state index in [1.807, 2.05) is 0 Å². The molecule has 7 heteroatoms. The first-order valence-corrected chi connectivity index (χ1v) is 8.17. The van der Waals surface area contributed by atoms with Crippen molar-refractivity contribution in [3.05, 3.63) is 35.3 Å². The summed E-state index contributed by atoms with van der Waals surface area (Å²) in [5, 5.41) is 10.4. The average molecular weight is 333 g/mol. The Balaban J connectivity index is 1.87. The van der Waals surface area contributed by atoms with Crippen LogP contribution >= 0.6 is 0 Å². The van der Waals surface area contributed by atoms with Crippen LogP contribution in [0.1, 0.15) is 48.7 Å². The molecule has 1 saturated carbocycles. The van der Waals surface area contributed by atoms with Crippen molar-refractivity contribution >= 4 is 5.97 Å². The van der Waals surface area contributed by atoms with E-state index in [2.05, 4.69) is 15.4 Å². The second-order valence-corrected chi connectivity index (χ2v) is 5.76. The number of esters is 1. The third-order valence-corrected chi connectivity index (χ3v) is 4.12. The minimum atomic E-state index is -0.562. The van der Waals surface area contributed by atoms with Gasteiger partial charge in [-0.15, -0.1) is 5.10 Å². The Bertz CT molecular complexity index is 711. The number of hydrogen-bond donors (Lipinski definition) is 1. The van der Waals surface area contributed by atoms with Crippen LogP contribution in [0.4, 0.5) is 4.39 Å². The standard InChI is InChI=1S/C17H20FN3O3/c1-2-23-17(22)16-15(19-21-20-16)14-8-7-12(18)9-11(14)10-24-13-5-3-4-6-13/h7-9,13H,2-6,10H2,1H3,(H,19,20,21). The molecule has 1 heterocycles. The molecule has 0 bridgehead atoms. The van der Waals surface area contributed by atoms with E-state index in [0.717, 1.165) is 25.7 Å². The van der Waals surface area contributed by atoms with Crippen molar-refractivity contribution in [2.45, 2.75) is 45.3 Å². The molecule has 1 aromatic heterocycles. The summed E-state index contributed by atoms with van der Waals surface area (Å²) in [6.07, 6.45) is 4.60. The van der Waals surface area contributed by atoms with Crippen molar-refractivity contribution in [1.82, 2.24) is 15.4 Å². The van der Waals surface area contributed by atoms with E-state index in [1.165, 1.54) is 12.1 Å². The molecule has 0 aliphatic heterocycles. The molecule has 0 radical (unpaired) electrons. The highest BCUT2D eigenvalue weighted by Gasteiger charge is 2.22. The first-order chi connectivity index (χ1) is 11.7. The van der Waals surface area contributed by atoms with Crippen LogP contribution in [-0.4, -0.2) is 34.1 Å². The molecule has 1 aromatic carbocycles. The van der Waals surface area contributed by atoms with E-state index in [-0.39, 0.29) is 30.8 Å². The zero-order valence-corrected chi connectivity index (χ0v) is 13.5. The summed E-state index contributed by atoms with van der Waals surface area (Å²) in [5.41, 5.74) is 1.69. The number of nitrogens with zero attached hydrogens (tertiary/aromatic N) is 2. The SMILES string of the molecule is CCOC(=O)c1n[nH]nc1-c1ccc(F)cc1COC1CCCC1. The normalized spacial score (nSPS) is 14.9. The van der Waals surface area contributed by atoms with Crippen molar-refractivity contribution in [3.63, 3.8) is 0 Å². The number of nitrogens with one attached hydrogen (secondary N) is 1. The molecule has 0 spiro atoms. The van der Waals surface area contributed by atoms with E-state index in [1.54, 1.807) is 13.0 Å². The maximum absolute atomic E-state index is 13.7. The van der Waals surface area contributed by atoms with Gasteiger partial charge < -0.3 is 9.47 Å². The summed E-state index contributed by atoms with van der Waals surface area (Å²) < 4.78 is 24.6. The van der Waals surface area contributed by atoms with Crippen LogP contribution in [0.15, 0.2) is 18.2 Å². The number of halogens is 1. The number of carbonyl (C=O) groups is 1. The van der Waals surface area contributed by atoms with Gasteiger partial charge in [0, 0.05) is 5.56 Å². The molecular formula is C17H20FN3O3. The van der Waals surface area contributed by atoms with Gasteiger partial charge in [-0.05, 0) is 43.5 Å². The van der Waals surface area contributed by atoms with E-state index in [0.29, 0.717) is 16.8 Å². The summed E-state index contributed by atoms with van der Waals surface area (Å²) in [4.78, 5) is 12.0. The molecule has 0 amide bonds. The third kappa shape index (κ3) is 3.62. The lowest BCUT2D eigenvalue weighted by Gasteiger charge is -2.13. The van der Waals surface area contributed by atoms with E-state index in [4.69, 9.17) is 9.47 Å². The van der Waals surface area contributed by atoms with Crippen LogP contribution in [0.2, 0.25) is 0 Å². The van der Waals surface area contributed by atoms with Gasteiger partial charge in [-0.25, -0.2) is 9.18 Å². The van der Waals surface area contributed by atoms with Crippen LogP contribution in [0, 0.1) is 5.82 Å². The van der Waals surface area contributed by atoms with Crippen molar-refractivity contribution < 1.29 is 18.7 Å². The Kier molecular flexibility index (Phi) is 5.20. The summed E-state index contributed by atoms with van der Waals surface area (Å²) in [6.45, 7) is 2.23. The number of carbonyl (C=O) groups excluding carboxylic acids is 1. The number of ether oxygens (including phenoxy) is 2. The van der Waals surface area contributed by atoms with Gasteiger partial charge in [0.25, 0.3) is 0 Å². The molecule has 1 N–H and O–H groups in total. The molecule has 0 saturated heterocycles. The average Bonchev–Trinajstić information content (AvgIpc) is 3.25. The third-order valence-electron chi connectivity index (χ3n) is 4.12. The molecular weight excluding hydrogens is 313 g/mol. The van der Waals surface area contributed by atoms with Gasteiger partial charge in [0.1, 0.15) is 11.5 Å². The Morgan fingerprint density at radius 3 is 2.88 bits per heavy atom. The van der Waals surface area contributed by atoms with Crippen molar-refractivity contribution in [3.8, 4) is 11.3 Å². The van der Waals surface area contributed by atoms with Crippen LogP contribution in [0.3, 0.4) is 0 Å². The molecule has 3 rings (SSSR count). The van der Waals surface area contributed by atoms with Gasteiger partial charge in [-0.3, -0.25) is 0 Å². The van der Waals surface area contributed by atoms with Gasteiger partial charge in [-0.2, -0.15) is 10.3 Å². The molecule has 0 atom stereocenters. The largest absolute Gasteiger partial charge is 0.461 e. The van der Waals surface area contributed by atoms with Crippen LogP contribution in [0.5, 0.6) is 0 Å². The number of H-pyrrole nitrogens is 1. The second kappa shape index (κ2) is 7.53. The Labute approximate surface area is 139 Å². The van der Waals surface area contributed by atoms with Crippen LogP contribution < -0.4 is 0 Å². The van der Waals surface area contributed by atoms with Crippen molar-refractivity contribution in [1.29, 1.82) is 0 Å². The van der Waals surface area contributed by atoms with Crippen molar-refractivity contribution in [2.24, 2.45) is 0 Å². The molecule has 0 unspecified atom stereocenters. The molecule has 6 nitrogen and oxygen atoms in total. The lowest BCUT2D eigenvalue weighted by Crippen LogP contribution is -2.10.